The van der Waals surface area contributed by atoms with Gasteiger partial charge in [0.05, 0.1) is 16.7 Å². The highest BCUT2D eigenvalue weighted by Crippen LogP contribution is 2.20. The van der Waals surface area contributed by atoms with Crippen molar-refractivity contribution >= 4 is 34.2 Å². The van der Waals surface area contributed by atoms with Crippen LogP contribution in [0.25, 0.3) is 10.9 Å². The molecular formula is C23H19ClFN5O. The molecule has 3 heterocycles. The average Bonchev–Trinajstić information content (AvgIpc) is 2.75. The number of aromatic nitrogens is 3. The lowest BCUT2D eigenvalue weighted by Crippen LogP contribution is -2.23. The Balaban J connectivity index is 1.48. The third kappa shape index (κ3) is 4.78. The molecule has 6 nitrogen and oxygen atoms in total. The van der Waals surface area contributed by atoms with Gasteiger partial charge in [-0.15, -0.1) is 0 Å². The third-order valence-corrected chi connectivity index (χ3v) is 5.22. The minimum absolute atomic E-state index is 0.235. The zero-order chi connectivity index (χ0) is 22.0. The van der Waals surface area contributed by atoms with Crippen molar-refractivity contribution in [1.82, 2.24) is 20.3 Å². The van der Waals surface area contributed by atoms with Crippen molar-refractivity contribution in [1.29, 1.82) is 0 Å². The first-order valence-electron chi connectivity index (χ1n) is 9.58. The fourth-order valence-electron chi connectivity index (χ4n) is 3.28. The molecule has 0 bridgehead atoms. The van der Waals surface area contributed by atoms with E-state index >= 15 is 0 Å². The number of anilines is 1. The molecule has 0 atom stereocenters. The minimum Gasteiger partial charge on any atom is -0.382 e. The van der Waals surface area contributed by atoms with E-state index in [4.69, 9.17) is 17.3 Å². The van der Waals surface area contributed by atoms with Gasteiger partial charge in [0.1, 0.15) is 11.6 Å². The van der Waals surface area contributed by atoms with Crippen LogP contribution in [-0.2, 0) is 13.0 Å². The summed E-state index contributed by atoms with van der Waals surface area (Å²) in [5, 5.41) is 3.94. The van der Waals surface area contributed by atoms with Gasteiger partial charge in [-0.2, -0.15) is 0 Å². The minimum atomic E-state index is -0.380. The molecule has 0 fully saturated rings. The molecule has 0 aliphatic carbocycles. The number of nitrogens with zero attached hydrogens (tertiary/aromatic N) is 3. The molecular weight excluding hydrogens is 417 g/mol. The molecule has 0 saturated heterocycles. The highest BCUT2D eigenvalue weighted by molar-refractivity contribution is 6.32. The van der Waals surface area contributed by atoms with Gasteiger partial charge in [-0.05, 0) is 54.4 Å². The summed E-state index contributed by atoms with van der Waals surface area (Å²) >= 11 is 6.03. The van der Waals surface area contributed by atoms with Crippen molar-refractivity contribution in [2.45, 2.75) is 19.9 Å². The number of halogens is 2. The summed E-state index contributed by atoms with van der Waals surface area (Å²) in [5.41, 5.74) is 10.1. The van der Waals surface area contributed by atoms with E-state index in [0.29, 0.717) is 22.7 Å². The Bertz CT molecular complexity index is 1290. The number of nitrogens with two attached hydrogens (primary N) is 1. The summed E-state index contributed by atoms with van der Waals surface area (Å²) in [7, 11) is 0. The Hall–Kier alpha value is -3.58. The number of fused-ring (bicyclic) bond motifs is 1. The number of benzene rings is 1. The van der Waals surface area contributed by atoms with Gasteiger partial charge in [-0.1, -0.05) is 17.7 Å². The smallest absolute Gasteiger partial charge is 0.251 e. The number of nitrogen functional groups attached to an aromatic ring is 1. The highest BCUT2D eigenvalue weighted by Gasteiger charge is 2.11. The van der Waals surface area contributed by atoms with Crippen LogP contribution < -0.4 is 11.1 Å². The van der Waals surface area contributed by atoms with E-state index in [1.54, 1.807) is 24.4 Å². The van der Waals surface area contributed by atoms with Crippen molar-refractivity contribution in [2.75, 3.05) is 5.73 Å². The van der Waals surface area contributed by atoms with Crippen LogP contribution in [0.1, 0.15) is 32.9 Å². The lowest BCUT2D eigenvalue weighted by molar-refractivity contribution is 0.0950. The summed E-state index contributed by atoms with van der Waals surface area (Å²) < 4.78 is 13.5. The molecule has 1 aromatic carbocycles. The number of carbonyl (C=O) groups is 1. The van der Waals surface area contributed by atoms with E-state index in [1.165, 1.54) is 12.3 Å². The zero-order valence-corrected chi connectivity index (χ0v) is 17.4. The third-order valence-electron chi connectivity index (χ3n) is 4.91. The molecule has 3 aromatic heterocycles. The number of amides is 1. The number of carbonyl (C=O) groups excluding carboxylic acids is 1. The second kappa shape index (κ2) is 8.65. The molecule has 0 aliphatic rings. The molecule has 0 aliphatic heterocycles. The second-order valence-corrected chi connectivity index (χ2v) is 7.58. The summed E-state index contributed by atoms with van der Waals surface area (Å²) in [4.78, 5) is 25.2. The Morgan fingerprint density at radius 2 is 2.00 bits per heavy atom. The van der Waals surface area contributed by atoms with E-state index in [9.17, 15) is 9.18 Å². The molecule has 156 valence electrons. The normalized spacial score (nSPS) is 10.9. The molecule has 4 rings (SSSR count). The summed E-state index contributed by atoms with van der Waals surface area (Å²) in [6.07, 6.45) is 3.30. The van der Waals surface area contributed by atoms with Gasteiger partial charge >= 0.3 is 0 Å². The predicted molar refractivity (Wildman–Crippen MR) is 118 cm³/mol. The maximum absolute atomic E-state index is 13.5. The van der Waals surface area contributed by atoms with Crippen LogP contribution in [0.3, 0.4) is 0 Å². The van der Waals surface area contributed by atoms with E-state index < -0.39 is 0 Å². The summed E-state index contributed by atoms with van der Waals surface area (Å²) in [6.45, 7) is 2.09. The van der Waals surface area contributed by atoms with Gasteiger partial charge in [0.2, 0.25) is 0 Å². The molecule has 3 N–H and O–H groups in total. The number of nitrogens with one attached hydrogen (secondary N) is 1. The largest absolute Gasteiger partial charge is 0.382 e. The molecule has 8 heteroatoms. The first kappa shape index (κ1) is 20.7. The highest BCUT2D eigenvalue weighted by atomic mass is 35.5. The molecule has 0 radical (unpaired) electrons. The topological polar surface area (TPSA) is 93.8 Å². The van der Waals surface area contributed by atoms with Gasteiger partial charge in [0.15, 0.2) is 0 Å². The van der Waals surface area contributed by atoms with Gasteiger partial charge in [0, 0.05) is 41.5 Å². The van der Waals surface area contributed by atoms with Gasteiger partial charge in [-0.25, -0.2) is 9.37 Å². The van der Waals surface area contributed by atoms with Crippen LogP contribution in [0.4, 0.5) is 10.2 Å². The Kier molecular flexibility index (Phi) is 5.77. The fraction of sp³-hybridized carbons (Fsp3) is 0.130. The Morgan fingerprint density at radius 3 is 2.84 bits per heavy atom. The number of hydrogen-bond acceptors (Lipinski definition) is 5. The predicted octanol–water partition coefficient (Wildman–Crippen LogP) is 4.23. The summed E-state index contributed by atoms with van der Waals surface area (Å²) in [6, 6.07) is 12.2. The van der Waals surface area contributed by atoms with E-state index in [-0.39, 0.29) is 24.1 Å². The quantitative estimate of drug-likeness (QED) is 0.489. The number of aryl methyl sites for hydroxylation is 1. The van der Waals surface area contributed by atoms with Crippen molar-refractivity contribution < 1.29 is 9.18 Å². The van der Waals surface area contributed by atoms with Gasteiger partial charge in [0.25, 0.3) is 5.91 Å². The average molecular weight is 436 g/mol. The van der Waals surface area contributed by atoms with Crippen molar-refractivity contribution in [3.63, 3.8) is 0 Å². The van der Waals surface area contributed by atoms with Crippen molar-refractivity contribution in [2.24, 2.45) is 0 Å². The second-order valence-electron chi connectivity index (χ2n) is 7.18. The van der Waals surface area contributed by atoms with Gasteiger partial charge in [-0.3, -0.25) is 14.8 Å². The van der Waals surface area contributed by atoms with Crippen LogP contribution >= 0.6 is 11.6 Å². The van der Waals surface area contributed by atoms with Crippen LogP contribution in [0, 0.1) is 12.7 Å². The standard InChI is InChI=1S/C23H19ClFN5O/c1-13-17(10-20(24)22(26)30-13)11-29-23(31)15-4-5-27-19(9-15)7-14-2-3-21-16(6-14)8-18(25)12-28-21/h2-6,8-10,12H,7,11H2,1H3,(H2,26,30)(H,29,31). The maximum Gasteiger partial charge on any atom is 0.251 e. The van der Waals surface area contributed by atoms with Crippen LogP contribution in [0.2, 0.25) is 5.02 Å². The molecule has 31 heavy (non-hydrogen) atoms. The van der Waals surface area contributed by atoms with Crippen molar-refractivity contribution in [3.8, 4) is 0 Å². The zero-order valence-electron chi connectivity index (χ0n) is 16.7. The molecule has 0 unspecified atom stereocenters. The van der Waals surface area contributed by atoms with E-state index in [1.807, 2.05) is 25.1 Å². The fourth-order valence-corrected chi connectivity index (χ4v) is 3.46. The first-order valence-corrected chi connectivity index (χ1v) is 9.95. The molecule has 0 spiro atoms. The molecule has 1 amide bonds. The van der Waals surface area contributed by atoms with Crippen molar-refractivity contribution in [3.05, 3.63) is 93.8 Å². The maximum atomic E-state index is 13.5. The Morgan fingerprint density at radius 1 is 1.16 bits per heavy atom. The SMILES string of the molecule is Cc1nc(N)c(Cl)cc1CNC(=O)c1ccnc(Cc2ccc3ncc(F)cc3c2)c1. The van der Waals surface area contributed by atoms with Crippen LogP contribution in [0.15, 0.2) is 54.9 Å². The van der Waals surface area contributed by atoms with Gasteiger partial charge < -0.3 is 11.1 Å². The lowest BCUT2D eigenvalue weighted by Gasteiger charge is -2.10. The van der Waals surface area contributed by atoms with E-state index in [0.717, 1.165) is 27.7 Å². The molecule has 0 saturated carbocycles. The van der Waals surface area contributed by atoms with Crippen LogP contribution in [0.5, 0.6) is 0 Å². The Labute approximate surface area is 183 Å². The monoisotopic (exact) mass is 435 g/mol. The number of hydrogen-bond donors (Lipinski definition) is 2. The first-order chi connectivity index (χ1) is 14.9. The number of rotatable bonds is 5. The summed E-state index contributed by atoms with van der Waals surface area (Å²) in [5.74, 6) is -0.352. The number of pyridine rings is 3. The molecule has 4 aromatic rings. The lowest BCUT2D eigenvalue weighted by atomic mass is 10.0. The van der Waals surface area contributed by atoms with E-state index in [2.05, 4.69) is 20.3 Å². The van der Waals surface area contributed by atoms with Crippen LogP contribution in [-0.4, -0.2) is 20.9 Å².